The van der Waals surface area contributed by atoms with Crippen molar-refractivity contribution >= 4 is 41.6 Å². The number of ether oxygens (including phenoxy) is 6. The number of furan rings is 1. The summed E-state index contributed by atoms with van der Waals surface area (Å²) in [5.41, 5.74) is -7.01. The van der Waals surface area contributed by atoms with Crippen LogP contribution in [-0.2, 0) is 62.0 Å². The second kappa shape index (κ2) is 13.3. The molecule has 3 aliphatic carbocycles. The van der Waals surface area contributed by atoms with Crippen LogP contribution in [0.3, 0.4) is 0 Å². The van der Waals surface area contributed by atoms with Crippen molar-refractivity contribution in [2.45, 2.75) is 104 Å². The van der Waals surface area contributed by atoms with Crippen LogP contribution >= 0.6 is 0 Å². The summed E-state index contributed by atoms with van der Waals surface area (Å²) < 4.78 is 39.4. The van der Waals surface area contributed by atoms with E-state index in [0.29, 0.717) is 5.56 Å². The van der Waals surface area contributed by atoms with E-state index in [1.54, 1.807) is 13.0 Å². The van der Waals surface area contributed by atoms with E-state index in [-0.39, 0.29) is 24.0 Å². The topological polar surface area (TPSA) is 208 Å². The lowest BCUT2D eigenvalue weighted by Gasteiger charge is -2.67. The molecule has 0 radical (unpaired) electrons. The standard InChI is InChI=1S/C37H44O15/c1-10-11-22(41)51-33-34(5,6)27(26(30(42)46-9)49-18(3)39)36(8)21-12-14-35(7)24(23(21)29(50-19(4)40)37(33,45)32(36)44)25(48-17(2)38)31(43)52-28(35)20-13-15-47-16-20/h10-11,13,15-16,21,25-29,33,45H,12,14H2,1-9H3. The highest BCUT2D eigenvalue weighted by Gasteiger charge is 2.80. The average molecular weight is 729 g/mol. The number of aliphatic hydroxyl groups is 1. The van der Waals surface area contributed by atoms with Gasteiger partial charge in [0.05, 0.1) is 19.6 Å². The molecule has 10 atom stereocenters. The Labute approximate surface area is 299 Å². The molecule has 1 aromatic rings. The number of allylic oxidation sites excluding steroid dienone is 1. The fourth-order valence-corrected chi connectivity index (χ4v) is 9.65. The summed E-state index contributed by atoms with van der Waals surface area (Å²) in [6.07, 6.45) is -2.87. The molecule has 4 aliphatic rings. The number of esters is 6. The van der Waals surface area contributed by atoms with Crippen molar-refractivity contribution in [2.24, 2.45) is 28.1 Å². The third-order valence-electron chi connectivity index (χ3n) is 11.3. The van der Waals surface area contributed by atoms with Gasteiger partial charge >= 0.3 is 35.8 Å². The van der Waals surface area contributed by atoms with Crippen LogP contribution in [0.1, 0.15) is 79.9 Å². The van der Waals surface area contributed by atoms with E-state index in [1.165, 1.54) is 46.3 Å². The van der Waals surface area contributed by atoms with Gasteiger partial charge in [-0.3, -0.25) is 19.2 Å². The van der Waals surface area contributed by atoms with Crippen LogP contribution in [-0.4, -0.2) is 83.8 Å². The molecule has 3 fully saturated rings. The summed E-state index contributed by atoms with van der Waals surface area (Å²) in [6.45, 7) is 11.1. The quantitative estimate of drug-likeness (QED) is 0.177. The Kier molecular flexibility index (Phi) is 9.85. The normalized spacial score (nSPS) is 35.3. The van der Waals surface area contributed by atoms with E-state index < -0.39 is 106 Å². The molecule has 0 aromatic carbocycles. The number of cyclic esters (lactones) is 1. The Bertz CT molecular complexity index is 1750. The molecule has 2 saturated carbocycles. The van der Waals surface area contributed by atoms with E-state index in [4.69, 9.17) is 32.8 Å². The molecule has 1 N–H and O–H groups in total. The van der Waals surface area contributed by atoms with Gasteiger partial charge in [0.15, 0.2) is 11.9 Å². The van der Waals surface area contributed by atoms with Gasteiger partial charge in [-0.05, 0) is 42.9 Å². The molecule has 1 aliphatic heterocycles. The maximum atomic E-state index is 15.3. The molecule has 5 rings (SSSR count). The van der Waals surface area contributed by atoms with Gasteiger partial charge in [0, 0.05) is 54.6 Å². The molecule has 1 saturated heterocycles. The van der Waals surface area contributed by atoms with Crippen molar-refractivity contribution in [3.8, 4) is 0 Å². The number of rotatable bonds is 8. The zero-order valence-electron chi connectivity index (χ0n) is 30.5. The number of methoxy groups -OCH3 is 1. The van der Waals surface area contributed by atoms with Crippen molar-refractivity contribution in [3.63, 3.8) is 0 Å². The van der Waals surface area contributed by atoms with Crippen molar-refractivity contribution in [3.05, 3.63) is 47.5 Å². The molecule has 1 aromatic heterocycles. The van der Waals surface area contributed by atoms with Crippen LogP contribution < -0.4 is 0 Å². The summed E-state index contributed by atoms with van der Waals surface area (Å²) >= 11 is 0. The molecule has 52 heavy (non-hydrogen) atoms. The molecule has 0 amide bonds. The smallest absolute Gasteiger partial charge is 0.352 e. The molecular weight excluding hydrogens is 684 g/mol. The summed E-state index contributed by atoms with van der Waals surface area (Å²) in [5, 5.41) is 13.1. The van der Waals surface area contributed by atoms with E-state index in [0.717, 1.165) is 34.0 Å². The number of ketones is 1. The molecule has 10 unspecified atom stereocenters. The van der Waals surface area contributed by atoms with Crippen molar-refractivity contribution < 1.29 is 71.5 Å². The van der Waals surface area contributed by atoms with Gasteiger partial charge < -0.3 is 37.9 Å². The first-order valence-electron chi connectivity index (χ1n) is 16.9. The predicted octanol–water partition coefficient (Wildman–Crippen LogP) is 3.02. The zero-order chi connectivity index (χ0) is 38.7. The van der Waals surface area contributed by atoms with Crippen LogP contribution in [0.25, 0.3) is 0 Å². The number of hydrogen-bond acceptors (Lipinski definition) is 15. The van der Waals surface area contributed by atoms with Crippen molar-refractivity contribution in [2.75, 3.05) is 7.11 Å². The Morgan fingerprint density at radius 3 is 2.17 bits per heavy atom. The van der Waals surface area contributed by atoms with Crippen LogP contribution in [0.5, 0.6) is 0 Å². The van der Waals surface area contributed by atoms with E-state index in [2.05, 4.69) is 0 Å². The van der Waals surface area contributed by atoms with E-state index in [9.17, 15) is 33.9 Å². The lowest BCUT2D eigenvalue weighted by atomic mass is 9.38. The lowest BCUT2D eigenvalue weighted by molar-refractivity contribution is -0.267. The number of carbonyl (C=O) groups is 7. The summed E-state index contributed by atoms with van der Waals surface area (Å²) in [4.78, 5) is 94.3. The SMILES string of the molecule is CC=CC(=O)OC1C(C)(C)C(C(OC(C)=O)C(=O)OC)C2(C)C(=O)C1(O)C(OC(C)=O)C1=C3C(OC(C)=O)C(=O)OC(c4ccoc4)C3(C)CCC12. The number of carbonyl (C=O) groups excluding carboxylic acids is 7. The number of Topliss-reactive ketones (excluding diaryl/α,β-unsaturated/α-hetero) is 1. The summed E-state index contributed by atoms with van der Waals surface area (Å²) in [6, 6.07) is 1.59. The first kappa shape index (κ1) is 38.4. The molecular formula is C37H44O15. The fraction of sp³-hybridized carbons (Fsp3) is 0.595. The zero-order valence-corrected chi connectivity index (χ0v) is 30.5. The highest BCUT2D eigenvalue weighted by atomic mass is 16.6. The first-order chi connectivity index (χ1) is 24.2. The van der Waals surface area contributed by atoms with Crippen LogP contribution in [0.4, 0.5) is 0 Å². The van der Waals surface area contributed by atoms with Gasteiger partial charge in [0.1, 0.15) is 12.2 Å². The first-order valence-corrected chi connectivity index (χ1v) is 16.9. The molecule has 15 heteroatoms. The van der Waals surface area contributed by atoms with Crippen LogP contribution in [0, 0.1) is 28.1 Å². The average Bonchev–Trinajstić information content (AvgIpc) is 3.59. The van der Waals surface area contributed by atoms with Crippen molar-refractivity contribution in [1.82, 2.24) is 0 Å². The third-order valence-corrected chi connectivity index (χ3v) is 11.3. The maximum absolute atomic E-state index is 15.3. The third kappa shape index (κ3) is 5.64. The van der Waals surface area contributed by atoms with Crippen LogP contribution in [0.2, 0.25) is 0 Å². The Hall–Kier alpha value is -4.79. The molecule has 0 spiro atoms. The fourth-order valence-electron chi connectivity index (χ4n) is 9.65. The maximum Gasteiger partial charge on any atom is 0.352 e. The summed E-state index contributed by atoms with van der Waals surface area (Å²) in [5.74, 6) is -9.08. The molecule has 2 bridgehead atoms. The van der Waals surface area contributed by atoms with Gasteiger partial charge in [-0.1, -0.05) is 33.8 Å². The Balaban J connectivity index is 1.96. The minimum absolute atomic E-state index is 0.0453. The number of fused-ring (bicyclic) bond motifs is 5. The second-order valence-electron chi connectivity index (χ2n) is 14.8. The molecule has 2 heterocycles. The highest BCUT2D eigenvalue weighted by Crippen LogP contribution is 2.69. The monoisotopic (exact) mass is 728 g/mol. The largest absolute Gasteiger partial charge is 0.472 e. The summed E-state index contributed by atoms with van der Waals surface area (Å²) in [7, 11) is 1.07. The van der Waals surface area contributed by atoms with Gasteiger partial charge in [-0.25, -0.2) is 14.4 Å². The van der Waals surface area contributed by atoms with Crippen LogP contribution in [0.15, 0.2) is 46.3 Å². The van der Waals surface area contributed by atoms with Gasteiger partial charge in [-0.15, -0.1) is 0 Å². The van der Waals surface area contributed by atoms with Crippen molar-refractivity contribution in [1.29, 1.82) is 0 Å². The predicted molar refractivity (Wildman–Crippen MR) is 174 cm³/mol. The van der Waals surface area contributed by atoms with Gasteiger partial charge in [0.25, 0.3) is 0 Å². The minimum atomic E-state index is -2.88. The van der Waals surface area contributed by atoms with E-state index >= 15 is 4.79 Å². The van der Waals surface area contributed by atoms with Gasteiger partial charge in [0.2, 0.25) is 17.8 Å². The highest BCUT2D eigenvalue weighted by molar-refractivity contribution is 6.00. The Morgan fingerprint density at radius 2 is 1.63 bits per heavy atom. The molecule has 282 valence electrons. The van der Waals surface area contributed by atoms with Gasteiger partial charge in [-0.2, -0.15) is 0 Å². The van der Waals surface area contributed by atoms with E-state index in [1.807, 2.05) is 0 Å². The Morgan fingerprint density at radius 1 is 0.981 bits per heavy atom. The lowest BCUT2D eigenvalue weighted by Crippen LogP contribution is -2.81. The molecule has 15 nitrogen and oxygen atoms in total. The second-order valence-corrected chi connectivity index (χ2v) is 14.8. The minimum Gasteiger partial charge on any atom is -0.472 e. The number of hydrogen-bond donors (Lipinski definition) is 1.